The van der Waals surface area contributed by atoms with Crippen LogP contribution in [0.5, 0.6) is 0 Å². The maximum absolute atomic E-state index is 12.4. The fourth-order valence-corrected chi connectivity index (χ4v) is 3.47. The van der Waals surface area contributed by atoms with Crippen LogP contribution in [0, 0.1) is 20.8 Å². The van der Waals surface area contributed by atoms with E-state index in [0.29, 0.717) is 24.4 Å². The summed E-state index contributed by atoms with van der Waals surface area (Å²) in [5.41, 5.74) is 2.17. The second-order valence-corrected chi connectivity index (χ2v) is 6.94. The third-order valence-electron chi connectivity index (χ3n) is 4.81. The maximum Gasteiger partial charge on any atom is 0.349 e. The molecule has 1 aliphatic rings. The van der Waals surface area contributed by atoms with Crippen LogP contribution in [-0.2, 0) is 6.54 Å². The van der Waals surface area contributed by atoms with Gasteiger partial charge in [-0.15, -0.1) is 0 Å². The number of aromatic nitrogens is 2. The zero-order valence-electron chi connectivity index (χ0n) is 15.6. The van der Waals surface area contributed by atoms with Crippen molar-refractivity contribution in [1.82, 2.24) is 20.4 Å². The van der Waals surface area contributed by atoms with Crippen molar-refractivity contribution in [2.24, 2.45) is 0 Å². The summed E-state index contributed by atoms with van der Waals surface area (Å²) >= 11 is 0. The smallest absolute Gasteiger partial charge is 0.349 e. The van der Waals surface area contributed by atoms with Gasteiger partial charge < -0.3 is 15.1 Å². The fourth-order valence-electron chi connectivity index (χ4n) is 3.47. The van der Waals surface area contributed by atoms with Gasteiger partial charge in [-0.05, 0) is 57.9 Å². The Morgan fingerprint density at radius 3 is 2.81 bits per heavy atom. The van der Waals surface area contributed by atoms with E-state index in [9.17, 15) is 9.59 Å². The molecule has 0 bridgehead atoms. The predicted octanol–water partition coefficient (Wildman–Crippen LogP) is 1.66. The maximum atomic E-state index is 12.4. The van der Waals surface area contributed by atoms with Gasteiger partial charge >= 0.3 is 5.63 Å². The van der Waals surface area contributed by atoms with Crippen molar-refractivity contribution in [2.75, 3.05) is 19.6 Å². The molecule has 3 heterocycles. The van der Waals surface area contributed by atoms with Gasteiger partial charge in [-0.2, -0.15) is 5.10 Å². The summed E-state index contributed by atoms with van der Waals surface area (Å²) in [7, 11) is 0. The molecule has 3 rings (SSSR count). The molecule has 1 atom stereocenters. The van der Waals surface area contributed by atoms with Crippen molar-refractivity contribution < 1.29 is 9.21 Å². The number of aryl methyl sites for hydroxylation is 3. The molecule has 0 spiro atoms. The SMILES string of the molecule is Cc1cc(C)n(CCNC(=O)c2c(C)cc(C3CCCNC3)oc2=O)n1. The molecule has 7 nitrogen and oxygen atoms in total. The highest BCUT2D eigenvalue weighted by molar-refractivity contribution is 5.95. The van der Waals surface area contributed by atoms with Gasteiger partial charge in [-0.3, -0.25) is 9.48 Å². The second kappa shape index (κ2) is 7.86. The summed E-state index contributed by atoms with van der Waals surface area (Å²) in [6, 6.07) is 3.81. The van der Waals surface area contributed by atoms with Crippen LogP contribution in [0.3, 0.4) is 0 Å². The average Bonchev–Trinajstić information content (AvgIpc) is 2.92. The van der Waals surface area contributed by atoms with Crippen LogP contribution >= 0.6 is 0 Å². The van der Waals surface area contributed by atoms with E-state index < -0.39 is 11.5 Å². The molecule has 0 aliphatic carbocycles. The first-order chi connectivity index (χ1) is 12.5. The largest absolute Gasteiger partial charge is 0.427 e. The Morgan fingerprint density at radius 1 is 1.38 bits per heavy atom. The molecule has 26 heavy (non-hydrogen) atoms. The zero-order chi connectivity index (χ0) is 18.7. The van der Waals surface area contributed by atoms with Gasteiger partial charge in [0.2, 0.25) is 0 Å². The monoisotopic (exact) mass is 358 g/mol. The first-order valence-corrected chi connectivity index (χ1v) is 9.10. The summed E-state index contributed by atoms with van der Waals surface area (Å²) in [6.45, 7) is 8.44. The lowest BCUT2D eigenvalue weighted by atomic mass is 9.95. The third-order valence-corrected chi connectivity index (χ3v) is 4.81. The average molecular weight is 358 g/mol. The van der Waals surface area contributed by atoms with E-state index in [1.54, 1.807) is 6.92 Å². The van der Waals surface area contributed by atoms with E-state index in [1.807, 2.05) is 30.7 Å². The van der Waals surface area contributed by atoms with Gasteiger partial charge in [0, 0.05) is 24.7 Å². The van der Waals surface area contributed by atoms with Crippen molar-refractivity contribution >= 4 is 5.91 Å². The van der Waals surface area contributed by atoms with E-state index in [1.165, 1.54) is 0 Å². The lowest BCUT2D eigenvalue weighted by molar-refractivity contribution is 0.0946. The molecule has 0 radical (unpaired) electrons. The molecule has 0 aromatic carbocycles. The minimum Gasteiger partial charge on any atom is -0.427 e. The molecule has 1 amide bonds. The summed E-state index contributed by atoms with van der Waals surface area (Å²) in [5.74, 6) is 0.461. The van der Waals surface area contributed by atoms with Crippen molar-refractivity contribution in [3.63, 3.8) is 0 Å². The molecule has 140 valence electrons. The minimum absolute atomic E-state index is 0.0888. The molecule has 2 aromatic heterocycles. The van der Waals surface area contributed by atoms with Crippen LogP contribution in [0.1, 0.15) is 51.8 Å². The van der Waals surface area contributed by atoms with Gasteiger partial charge in [-0.1, -0.05) is 0 Å². The first kappa shape index (κ1) is 18.4. The molecule has 1 unspecified atom stereocenters. The Morgan fingerprint density at radius 2 is 2.19 bits per heavy atom. The summed E-state index contributed by atoms with van der Waals surface area (Å²) < 4.78 is 7.30. The summed E-state index contributed by atoms with van der Waals surface area (Å²) in [5, 5.41) is 10.5. The van der Waals surface area contributed by atoms with Gasteiger partial charge in [0.1, 0.15) is 11.3 Å². The van der Waals surface area contributed by atoms with Crippen LogP contribution < -0.4 is 16.3 Å². The molecular formula is C19H26N4O3. The lowest BCUT2D eigenvalue weighted by Gasteiger charge is -2.22. The summed E-state index contributed by atoms with van der Waals surface area (Å²) in [4.78, 5) is 24.8. The fraction of sp³-hybridized carbons (Fsp3) is 0.526. The number of carbonyl (C=O) groups is 1. The number of nitrogens with one attached hydrogen (secondary N) is 2. The minimum atomic E-state index is -0.561. The number of hydrogen-bond donors (Lipinski definition) is 2. The van der Waals surface area contributed by atoms with Crippen LogP contribution in [0.4, 0.5) is 0 Å². The number of nitrogens with zero attached hydrogens (tertiary/aromatic N) is 2. The van der Waals surface area contributed by atoms with Gasteiger partial charge in [0.15, 0.2) is 0 Å². The zero-order valence-corrected chi connectivity index (χ0v) is 15.6. The van der Waals surface area contributed by atoms with Crippen LogP contribution in [0.15, 0.2) is 21.3 Å². The van der Waals surface area contributed by atoms with E-state index in [-0.39, 0.29) is 11.5 Å². The molecule has 1 saturated heterocycles. The Balaban J connectivity index is 1.67. The third kappa shape index (κ3) is 4.04. The first-order valence-electron chi connectivity index (χ1n) is 9.10. The number of hydrogen-bond acceptors (Lipinski definition) is 5. The van der Waals surface area contributed by atoms with E-state index >= 15 is 0 Å². The normalized spacial score (nSPS) is 17.3. The van der Waals surface area contributed by atoms with Gasteiger partial charge in [-0.25, -0.2) is 4.79 Å². The van der Waals surface area contributed by atoms with Crippen LogP contribution in [-0.4, -0.2) is 35.3 Å². The van der Waals surface area contributed by atoms with Crippen molar-refractivity contribution in [1.29, 1.82) is 0 Å². The highest BCUT2D eigenvalue weighted by Crippen LogP contribution is 2.23. The number of amides is 1. The van der Waals surface area contributed by atoms with E-state index in [4.69, 9.17) is 4.42 Å². The highest BCUT2D eigenvalue weighted by atomic mass is 16.4. The highest BCUT2D eigenvalue weighted by Gasteiger charge is 2.22. The molecule has 7 heteroatoms. The Bertz CT molecular complexity index is 847. The molecule has 2 N–H and O–H groups in total. The quantitative estimate of drug-likeness (QED) is 0.848. The number of carbonyl (C=O) groups excluding carboxylic acids is 1. The second-order valence-electron chi connectivity index (χ2n) is 6.94. The Kier molecular flexibility index (Phi) is 5.56. The summed E-state index contributed by atoms with van der Waals surface area (Å²) in [6.07, 6.45) is 2.05. The topological polar surface area (TPSA) is 89.2 Å². The van der Waals surface area contributed by atoms with Gasteiger partial charge in [0.25, 0.3) is 5.91 Å². The standard InChI is InChI=1S/C19H26N4O3/c1-12-9-16(15-5-4-6-20-11-15)26-19(25)17(12)18(24)21-7-8-23-14(3)10-13(2)22-23/h9-10,15,20H,4-8,11H2,1-3H3,(H,21,24). The molecule has 2 aromatic rings. The molecular weight excluding hydrogens is 332 g/mol. The van der Waals surface area contributed by atoms with E-state index in [0.717, 1.165) is 37.3 Å². The Hall–Kier alpha value is -2.41. The van der Waals surface area contributed by atoms with Crippen molar-refractivity contribution in [3.05, 3.63) is 50.8 Å². The Labute approximate surface area is 152 Å². The van der Waals surface area contributed by atoms with Gasteiger partial charge in [0.05, 0.1) is 12.2 Å². The lowest BCUT2D eigenvalue weighted by Crippen LogP contribution is -2.33. The number of rotatable bonds is 5. The van der Waals surface area contributed by atoms with E-state index in [2.05, 4.69) is 15.7 Å². The molecule has 1 fully saturated rings. The van der Waals surface area contributed by atoms with Crippen LogP contribution in [0.2, 0.25) is 0 Å². The molecule has 1 aliphatic heterocycles. The number of piperidine rings is 1. The predicted molar refractivity (Wildman–Crippen MR) is 98.6 cm³/mol. The van der Waals surface area contributed by atoms with Crippen molar-refractivity contribution in [3.8, 4) is 0 Å². The van der Waals surface area contributed by atoms with Crippen LogP contribution in [0.25, 0.3) is 0 Å². The molecule has 0 saturated carbocycles. The van der Waals surface area contributed by atoms with Crippen molar-refractivity contribution in [2.45, 2.75) is 46.1 Å².